The third-order valence-corrected chi connectivity index (χ3v) is 3.40. The summed E-state index contributed by atoms with van der Waals surface area (Å²) in [5.74, 6) is 0.0690. The van der Waals surface area contributed by atoms with Crippen molar-refractivity contribution in [1.29, 1.82) is 0 Å². The van der Waals surface area contributed by atoms with Gasteiger partial charge in [-0.1, -0.05) is 6.58 Å². The van der Waals surface area contributed by atoms with Gasteiger partial charge in [-0.05, 0) is 37.3 Å². The van der Waals surface area contributed by atoms with Crippen LogP contribution >= 0.6 is 0 Å². The van der Waals surface area contributed by atoms with Crippen LogP contribution in [0.25, 0.3) is 0 Å². The summed E-state index contributed by atoms with van der Waals surface area (Å²) in [6, 6.07) is 7.61. The van der Waals surface area contributed by atoms with Crippen molar-refractivity contribution in [2.24, 2.45) is 0 Å². The molecule has 0 saturated carbocycles. The quantitative estimate of drug-likeness (QED) is 0.612. The number of carbonyl (C=O) groups is 2. The highest BCUT2D eigenvalue weighted by atomic mass is 16.2. The molecule has 0 aromatic heterocycles. The molecule has 4 heteroatoms. The molecular weight excluding hydrogens is 240 g/mol. The summed E-state index contributed by atoms with van der Waals surface area (Å²) in [5, 5.41) is 0. The van der Waals surface area contributed by atoms with Crippen LogP contribution in [-0.4, -0.2) is 42.8 Å². The average molecular weight is 258 g/mol. The molecule has 0 spiro atoms. The summed E-state index contributed by atoms with van der Waals surface area (Å²) in [7, 11) is 0. The van der Waals surface area contributed by atoms with Crippen molar-refractivity contribution in [3.8, 4) is 0 Å². The zero-order valence-corrected chi connectivity index (χ0v) is 11.1. The van der Waals surface area contributed by atoms with Gasteiger partial charge in [0.15, 0.2) is 5.78 Å². The zero-order chi connectivity index (χ0) is 13.8. The second-order valence-corrected chi connectivity index (χ2v) is 4.62. The molecule has 19 heavy (non-hydrogen) atoms. The van der Waals surface area contributed by atoms with E-state index in [0.717, 1.165) is 24.3 Å². The SMILES string of the molecule is C=CC(=O)N1CCN(c2ccc(C(C)=O)cc2)CC1. The van der Waals surface area contributed by atoms with Gasteiger partial charge in [0.1, 0.15) is 0 Å². The molecule has 0 radical (unpaired) electrons. The van der Waals surface area contributed by atoms with Crippen molar-refractivity contribution < 1.29 is 9.59 Å². The first-order chi connectivity index (χ1) is 9.11. The molecule has 4 nitrogen and oxygen atoms in total. The molecule has 1 heterocycles. The third-order valence-electron chi connectivity index (χ3n) is 3.40. The second-order valence-electron chi connectivity index (χ2n) is 4.62. The Morgan fingerprint density at radius 1 is 1.11 bits per heavy atom. The van der Waals surface area contributed by atoms with E-state index >= 15 is 0 Å². The van der Waals surface area contributed by atoms with Crippen molar-refractivity contribution in [2.45, 2.75) is 6.92 Å². The summed E-state index contributed by atoms with van der Waals surface area (Å²) in [5.41, 5.74) is 1.82. The number of rotatable bonds is 3. The van der Waals surface area contributed by atoms with Crippen molar-refractivity contribution >= 4 is 17.4 Å². The zero-order valence-electron chi connectivity index (χ0n) is 11.1. The first kappa shape index (κ1) is 13.3. The summed E-state index contributed by atoms with van der Waals surface area (Å²) >= 11 is 0. The van der Waals surface area contributed by atoms with Gasteiger partial charge < -0.3 is 9.80 Å². The molecule has 1 amide bonds. The van der Waals surface area contributed by atoms with E-state index in [0.29, 0.717) is 13.1 Å². The number of amides is 1. The number of benzene rings is 1. The van der Waals surface area contributed by atoms with E-state index in [2.05, 4.69) is 11.5 Å². The third kappa shape index (κ3) is 3.02. The molecule has 2 rings (SSSR count). The minimum absolute atomic E-state index is 0.00780. The molecule has 0 unspecified atom stereocenters. The monoisotopic (exact) mass is 258 g/mol. The van der Waals surface area contributed by atoms with Gasteiger partial charge in [0, 0.05) is 37.4 Å². The van der Waals surface area contributed by atoms with E-state index in [4.69, 9.17) is 0 Å². The molecule has 100 valence electrons. The van der Waals surface area contributed by atoms with Crippen molar-refractivity contribution in [2.75, 3.05) is 31.1 Å². The molecule has 1 fully saturated rings. The lowest BCUT2D eigenvalue weighted by Crippen LogP contribution is -2.48. The molecule has 0 aliphatic carbocycles. The van der Waals surface area contributed by atoms with Crippen molar-refractivity contribution in [1.82, 2.24) is 4.90 Å². The van der Waals surface area contributed by atoms with Crippen LogP contribution in [0.5, 0.6) is 0 Å². The molecule has 1 saturated heterocycles. The predicted octanol–water partition coefficient (Wildman–Crippen LogP) is 1.72. The maximum absolute atomic E-state index is 11.5. The molecule has 1 aromatic rings. The van der Waals surface area contributed by atoms with E-state index in [1.807, 2.05) is 24.3 Å². The van der Waals surface area contributed by atoms with Gasteiger partial charge in [0.25, 0.3) is 0 Å². The molecule has 0 N–H and O–H groups in total. The first-order valence-corrected chi connectivity index (χ1v) is 6.39. The Bertz CT molecular complexity index is 485. The number of piperazine rings is 1. The van der Waals surface area contributed by atoms with Gasteiger partial charge in [0.2, 0.25) is 5.91 Å². The summed E-state index contributed by atoms with van der Waals surface area (Å²) < 4.78 is 0. The Morgan fingerprint density at radius 2 is 1.68 bits per heavy atom. The molecular formula is C15H18N2O2. The lowest BCUT2D eigenvalue weighted by atomic mass is 10.1. The number of hydrogen-bond acceptors (Lipinski definition) is 3. The highest BCUT2D eigenvalue weighted by molar-refractivity contribution is 5.94. The molecule has 0 atom stereocenters. The molecule has 0 bridgehead atoms. The largest absolute Gasteiger partial charge is 0.368 e. The molecule has 1 aliphatic rings. The number of hydrogen-bond donors (Lipinski definition) is 0. The molecule has 1 aromatic carbocycles. The maximum atomic E-state index is 11.5. The summed E-state index contributed by atoms with van der Waals surface area (Å²) in [6.07, 6.45) is 1.36. The fourth-order valence-electron chi connectivity index (χ4n) is 2.22. The van der Waals surface area contributed by atoms with Gasteiger partial charge in [-0.3, -0.25) is 9.59 Å². The Kier molecular flexibility index (Phi) is 4.00. The van der Waals surface area contributed by atoms with Gasteiger partial charge in [-0.2, -0.15) is 0 Å². The minimum Gasteiger partial charge on any atom is -0.368 e. The fourth-order valence-corrected chi connectivity index (χ4v) is 2.22. The van der Waals surface area contributed by atoms with E-state index in [-0.39, 0.29) is 11.7 Å². The van der Waals surface area contributed by atoms with E-state index in [1.54, 1.807) is 11.8 Å². The average Bonchev–Trinajstić information content (AvgIpc) is 2.46. The molecule has 1 aliphatic heterocycles. The number of anilines is 1. The Morgan fingerprint density at radius 3 is 2.16 bits per heavy atom. The fraction of sp³-hybridized carbons (Fsp3) is 0.333. The first-order valence-electron chi connectivity index (χ1n) is 6.39. The highest BCUT2D eigenvalue weighted by Gasteiger charge is 2.19. The Hall–Kier alpha value is -2.10. The second kappa shape index (κ2) is 5.69. The van der Waals surface area contributed by atoms with Gasteiger partial charge in [0.05, 0.1) is 0 Å². The van der Waals surface area contributed by atoms with Crippen LogP contribution in [0.15, 0.2) is 36.9 Å². The predicted molar refractivity (Wildman–Crippen MR) is 75.4 cm³/mol. The van der Waals surface area contributed by atoms with E-state index < -0.39 is 0 Å². The Labute approximate surface area is 113 Å². The Balaban J connectivity index is 1.99. The summed E-state index contributed by atoms with van der Waals surface area (Å²) in [6.45, 7) is 8.09. The highest BCUT2D eigenvalue weighted by Crippen LogP contribution is 2.17. The number of carbonyl (C=O) groups excluding carboxylic acids is 2. The smallest absolute Gasteiger partial charge is 0.246 e. The normalized spacial score (nSPS) is 15.2. The van der Waals surface area contributed by atoms with Crippen LogP contribution < -0.4 is 4.90 Å². The van der Waals surface area contributed by atoms with Gasteiger partial charge >= 0.3 is 0 Å². The maximum Gasteiger partial charge on any atom is 0.246 e. The number of nitrogens with zero attached hydrogens (tertiary/aromatic N) is 2. The van der Waals surface area contributed by atoms with Crippen LogP contribution in [-0.2, 0) is 4.79 Å². The van der Waals surface area contributed by atoms with Crippen LogP contribution in [0.2, 0.25) is 0 Å². The van der Waals surface area contributed by atoms with E-state index in [9.17, 15) is 9.59 Å². The minimum atomic E-state index is -0.00780. The van der Waals surface area contributed by atoms with Gasteiger partial charge in [-0.25, -0.2) is 0 Å². The van der Waals surface area contributed by atoms with E-state index in [1.165, 1.54) is 6.08 Å². The van der Waals surface area contributed by atoms with Crippen molar-refractivity contribution in [3.63, 3.8) is 0 Å². The van der Waals surface area contributed by atoms with Crippen LogP contribution in [0.3, 0.4) is 0 Å². The van der Waals surface area contributed by atoms with Crippen LogP contribution in [0.1, 0.15) is 17.3 Å². The number of Topliss-reactive ketones (excluding diaryl/α,β-unsaturated/α-hetero) is 1. The number of ketones is 1. The van der Waals surface area contributed by atoms with Crippen LogP contribution in [0, 0.1) is 0 Å². The lowest BCUT2D eigenvalue weighted by Gasteiger charge is -2.35. The topological polar surface area (TPSA) is 40.6 Å². The van der Waals surface area contributed by atoms with Gasteiger partial charge in [-0.15, -0.1) is 0 Å². The van der Waals surface area contributed by atoms with Crippen molar-refractivity contribution in [3.05, 3.63) is 42.5 Å². The van der Waals surface area contributed by atoms with Crippen LogP contribution in [0.4, 0.5) is 5.69 Å². The summed E-state index contributed by atoms with van der Waals surface area (Å²) in [4.78, 5) is 26.7. The standard InChI is InChI=1S/C15H18N2O2/c1-3-15(19)17-10-8-16(9-11-17)14-6-4-13(5-7-14)12(2)18/h3-7H,1,8-11H2,2H3. The lowest BCUT2D eigenvalue weighted by molar-refractivity contribution is -0.126.